The predicted molar refractivity (Wildman–Crippen MR) is 138 cm³/mol. The molecule has 4 rings (SSSR count). The monoisotopic (exact) mass is 477 g/mol. The minimum atomic E-state index is -1.60. The Labute approximate surface area is 205 Å². The number of amides is 1. The summed E-state index contributed by atoms with van der Waals surface area (Å²) in [6, 6.07) is 16.1. The molecule has 0 aliphatic heterocycles. The number of anilines is 2. The Morgan fingerprint density at radius 2 is 1.71 bits per heavy atom. The predicted octanol–water partition coefficient (Wildman–Crippen LogP) is 5.89. The van der Waals surface area contributed by atoms with Crippen molar-refractivity contribution in [2.75, 3.05) is 30.9 Å². The average Bonchev–Trinajstić information content (AvgIpc) is 2.85. The summed E-state index contributed by atoms with van der Waals surface area (Å²) in [6.07, 6.45) is 3.24. The van der Waals surface area contributed by atoms with Gasteiger partial charge in [0.25, 0.3) is 11.5 Å². The molecule has 0 radical (unpaired) electrons. The highest BCUT2D eigenvalue weighted by Gasteiger charge is 2.36. The van der Waals surface area contributed by atoms with Gasteiger partial charge in [-0.25, -0.2) is 4.39 Å². The molecule has 3 aromatic rings. The van der Waals surface area contributed by atoms with Crippen LogP contribution in [0.4, 0.5) is 15.8 Å². The van der Waals surface area contributed by atoms with Crippen LogP contribution in [0, 0.1) is 0 Å². The van der Waals surface area contributed by atoms with E-state index in [2.05, 4.69) is 10.3 Å². The van der Waals surface area contributed by atoms with Gasteiger partial charge in [0.1, 0.15) is 11.3 Å². The van der Waals surface area contributed by atoms with Gasteiger partial charge < -0.3 is 19.9 Å². The molecule has 1 saturated carbocycles. The number of benzene rings is 2. The zero-order valence-electron chi connectivity index (χ0n) is 20.5. The Morgan fingerprint density at radius 1 is 1.06 bits per heavy atom. The lowest BCUT2D eigenvalue weighted by atomic mass is 9.82. The molecule has 35 heavy (non-hydrogen) atoms. The molecule has 184 valence electrons. The van der Waals surface area contributed by atoms with Crippen molar-refractivity contribution in [1.29, 1.82) is 0 Å². The Kier molecular flexibility index (Phi) is 7.24. The van der Waals surface area contributed by atoms with Crippen LogP contribution in [0.15, 0.2) is 59.4 Å². The lowest BCUT2D eigenvalue weighted by Crippen LogP contribution is -2.31. The fourth-order valence-corrected chi connectivity index (χ4v) is 4.57. The zero-order valence-corrected chi connectivity index (χ0v) is 20.5. The van der Waals surface area contributed by atoms with E-state index < -0.39 is 17.1 Å². The molecule has 2 aromatic carbocycles. The lowest BCUT2D eigenvalue weighted by molar-refractivity contribution is 0.0991. The van der Waals surface area contributed by atoms with Gasteiger partial charge in [0.15, 0.2) is 5.67 Å². The van der Waals surface area contributed by atoms with E-state index in [1.165, 1.54) is 0 Å². The maximum atomic E-state index is 15.8. The molecule has 0 bridgehead atoms. The topological polar surface area (TPSA) is 74.4 Å². The van der Waals surface area contributed by atoms with Crippen LogP contribution in [-0.4, -0.2) is 31.6 Å². The smallest absolute Gasteiger partial charge is 0.261 e. The van der Waals surface area contributed by atoms with Crippen molar-refractivity contribution >= 4 is 17.3 Å². The number of halogens is 1. The van der Waals surface area contributed by atoms with Crippen molar-refractivity contribution in [3.8, 4) is 16.9 Å². The van der Waals surface area contributed by atoms with E-state index in [4.69, 9.17) is 4.74 Å². The standard InChI is InChI=1S/C28H32FN3O3/c1-4-35-22-14-10-20(11-15-22)30-26(33)25-23(19-8-12-21(13-9-19)32(2)3)18-24(31-27(25)34)28(29)16-6-5-7-17-28/h8-15,18H,4-7,16-17H2,1-3H3,(H,30,33)(H,31,34). The van der Waals surface area contributed by atoms with Gasteiger partial charge in [-0.3, -0.25) is 9.59 Å². The van der Waals surface area contributed by atoms with Gasteiger partial charge in [-0.05, 0) is 80.6 Å². The Hall–Kier alpha value is -3.61. The van der Waals surface area contributed by atoms with Crippen LogP contribution in [0.1, 0.15) is 55.1 Å². The van der Waals surface area contributed by atoms with E-state index in [0.29, 0.717) is 42.0 Å². The highest BCUT2D eigenvalue weighted by Crippen LogP contribution is 2.41. The number of hydrogen-bond donors (Lipinski definition) is 2. The number of carbonyl (C=O) groups is 1. The SMILES string of the molecule is CCOc1ccc(NC(=O)c2c(-c3ccc(N(C)C)cc3)cc(C3(F)CCCCC3)[nH]c2=O)cc1. The van der Waals surface area contributed by atoms with Crippen LogP contribution in [0.5, 0.6) is 5.75 Å². The van der Waals surface area contributed by atoms with Gasteiger partial charge in [-0.2, -0.15) is 0 Å². The van der Waals surface area contributed by atoms with Crippen LogP contribution < -0.4 is 20.5 Å². The number of hydrogen-bond acceptors (Lipinski definition) is 4. The normalized spacial score (nSPS) is 14.9. The summed E-state index contributed by atoms with van der Waals surface area (Å²) in [7, 11) is 3.87. The number of nitrogens with one attached hydrogen (secondary N) is 2. The fourth-order valence-electron chi connectivity index (χ4n) is 4.57. The highest BCUT2D eigenvalue weighted by atomic mass is 19.1. The Morgan fingerprint density at radius 3 is 2.31 bits per heavy atom. The minimum Gasteiger partial charge on any atom is -0.494 e. The number of pyridine rings is 1. The van der Waals surface area contributed by atoms with Gasteiger partial charge in [-0.15, -0.1) is 0 Å². The first-order chi connectivity index (χ1) is 16.8. The number of rotatable bonds is 7. The van der Waals surface area contributed by atoms with E-state index in [-0.39, 0.29) is 11.3 Å². The van der Waals surface area contributed by atoms with Crippen molar-refractivity contribution in [1.82, 2.24) is 4.98 Å². The molecule has 0 saturated heterocycles. The van der Waals surface area contributed by atoms with Crippen LogP contribution in [0.3, 0.4) is 0 Å². The quantitative estimate of drug-likeness (QED) is 0.445. The summed E-state index contributed by atoms with van der Waals surface area (Å²) in [5, 5.41) is 2.80. The maximum Gasteiger partial charge on any atom is 0.261 e. The second kappa shape index (κ2) is 10.3. The maximum absolute atomic E-state index is 15.8. The molecular weight excluding hydrogens is 445 g/mol. The van der Waals surface area contributed by atoms with Gasteiger partial charge in [0.2, 0.25) is 0 Å². The first-order valence-corrected chi connectivity index (χ1v) is 12.1. The number of nitrogens with zero attached hydrogens (tertiary/aromatic N) is 1. The van der Waals surface area contributed by atoms with Crippen LogP contribution in [0.2, 0.25) is 0 Å². The molecule has 6 nitrogen and oxygen atoms in total. The number of aromatic amines is 1. The number of alkyl halides is 1. The van der Waals surface area contributed by atoms with Crippen molar-refractivity contribution in [3.05, 3.63) is 76.2 Å². The molecule has 1 heterocycles. The van der Waals surface area contributed by atoms with Crippen molar-refractivity contribution in [2.24, 2.45) is 0 Å². The number of H-pyrrole nitrogens is 1. The van der Waals surface area contributed by atoms with Gasteiger partial charge in [0.05, 0.1) is 12.3 Å². The van der Waals surface area contributed by atoms with E-state index in [9.17, 15) is 9.59 Å². The summed E-state index contributed by atoms with van der Waals surface area (Å²) in [5.41, 5.74) is 0.615. The third-order valence-corrected chi connectivity index (χ3v) is 6.51. The first kappa shape index (κ1) is 24.5. The number of carbonyl (C=O) groups excluding carboxylic acids is 1. The van der Waals surface area contributed by atoms with Gasteiger partial charge >= 0.3 is 0 Å². The van der Waals surface area contributed by atoms with Crippen molar-refractivity contribution in [2.45, 2.75) is 44.7 Å². The molecule has 1 aromatic heterocycles. The minimum absolute atomic E-state index is 0.0420. The largest absolute Gasteiger partial charge is 0.494 e. The molecule has 0 unspecified atom stereocenters. The third kappa shape index (κ3) is 5.39. The van der Waals surface area contributed by atoms with E-state index in [1.807, 2.05) is 50.2 Å². The summed E-state index contributed by atoms with van der Waals surface area (Å²) < 4.78 is 21.3. The average molecular weight is 478 g/mol. The Balaban J connectivity index is 1.76. The molecule has 0 atom stereocenters. The molecule has 1 fully saturated rings. The molecule has 7 heteroatoms. The van der Waals surface area contributed by atoms with E-state index in [0.717, 1.165) is 24.9 Å². The molecular formula is C28H32FN3O3. The van der Waals surface area contributed by atoms with Crippen molar-refractivity contribution < 1.29 is 13.9 Å². The second-order valence-electron chi connectivity index (χ2n) is 9.18. The molecule has 2 N–H and O–H groups in total. The molecule has 0 spiro atoms. The van der Waals surface area contributed by atoms with Crippen molar-refractivity contribution in [3.63, 3.8) is 0 Å². The zero-order chi connectivity index (χ0) is 25.0. The summed E-state index contributed by atoms with van der Waals surface area (Å²) in [4.78, 5) is 31.2. The summed E-state index contributed by atoms with van der Waals surface area (Å²) in [5.74, 6) is 0.139. The van der Waals surface area contributed by atoms with E-state index >= 15 is 4.39 Å². The van der Waals surface area contributed by atoms with Crippen LogP contribution >= 0.6 is 0 Å². The van der Waals surface area contributed by atoms with E-state index in [1.54, 1.807) is 30.3 Å². The van der Waals surface area contributed by atoms with Gasteiger partial charge in [0, 0.05) is 31.0 Å². The summed E-state index contributed by atoms with van der Waals surface area (Å²) in [6.45, 7) is 2.44. The number of ether oxygens (including phenoxy) is 1. The number of aromatic nitrogens is 1. The fraction of sp³-hybridized carbons (Fsp3) is 0.357. The lowest BCUT2D eigenvalue weighted by Gasteiger charge is -2.30. The van der Waals surface area contributed by atoms with Gasteiger partial charge in [-0.1, -0.05) is 18.6 Å². The van der Waals surface area contributed by atoms with Crippen LogP contribution in [-0.2, 0) is 5.67 Å². The second-order valence-corrected chi connectivity index (χ2v) is 9.18. The molecule has 1 aliphatic carbocycles. The first-order valence-electron chi connectivity index (χ1n) is 12.1. The Bertz CT molecular complexity index is 1230. The summed E-state index contributed by atoms with van der Waals surface area (Å²) >= 11 is 0. The third-order valence-electron chi connectivity index (χ3n) is 6.51. The highest BCUT2D eigenvalue weighted by molar-refractivity contribution is 6.08. The molecule has 1 amide bonds. The van der Waals surface area contributed by atoms with Crippen LogP contribution in [0.25, 0.3) is 11.1 Å². The molecule has 1 aliphatic rings.